The molecule has 0 radical (unpaired) electrons. The van der Waals surface area contributed by atoms with E-state index < -0.39 is 0 Å². The maximum absolute atomic E-state index is 5.18. The van der Waals surface area contributed by atoms with Crippen LogP contribution in [0.25, 0.3) is 0 Å². The zero-order valence-electron chi connectivity index (χ0n) is 6.47. The fourth-order valence-corrected chi connectivity index (χ4v) is 1.48. The molecular formula is C8H15NO. The lowest BCUT2D eigenvalue weighted by molar-refractivity contribution is 0.0170. The van der Waals surface area contributed by atoms with Crippen molar-refractivity contribution in [2.24, 2.45) is 0 Å². The van der Waals surface area contributed by atoms with E-state index in [1.807, 2.05) is 0 Å². The molecule has 2 saturated carbocycles. The molecule has 2 nitrogen and oxygen atoms in total. The molecule has 0 aliphatic heterocycles. The first kappa shape index (κ1) is 6.62. The van der Waals surface area contributed by atoms with Crippen LogP contribution in [0.3, 0.4) is 0 Å². The molecule has 0 spiro atoms. The van der Waals surface area contributed by atoms with Gasteiger partial charge in [0.05, 0.1) is 6.10 Å². The van der Waals surface area contributed by atoms with Crippen LogP contribution in [-0.4, -0.2) is 25.3 Å². The van der Waals surface area contributed by atoms with Crippen LogP contribution in [0.4, 0.5) is 0 Å². The summed E-state index contributed by atoms with van der Waals surface area (Å²) < 4.78 is 5.18. The van der Waals surface area contributed by atoms with E-state index in [-0.39, 0.29) is 0 Å². The first-order valence-corrected chi connectivity index (χ1v) is 4.17. The number of rotatable bonds is 3. The number of hydrogen-bond acceptors (Lipinski definition) is 2. The average molecular weight is 141 g/mol. The summed E-state index contributed by atoms with van der Waals surface area (Å²) in [5.41, 5.74) is 0. The predicted octanol–water partition coefficient (Wildman–Crippen LogP) is 0.916. The molecule has 2 fully saturated rings. The van der Waals surface area contributed by atoms with Gasteiger partial charge in [0.25, 0.3) is 0 Å². The van der Waals surface area contributed by atoms with Crippen LogP contribution in [0.5, 0.6) is 0 Å². The summed E-state index contributed by atoms with van der Waals surface area (Å²) in [6, 6.07) is 1.64. The molecule has 10 heavy (non-hydrogen) atoms. The molecular weight excluding hydrogens is 126 g/mol. The number of nitrogens with one attached hydrogen (secondary N) is 1. The standard InChI is InChI=1S/C8H15NO/c1-10-8-4-7(5-8)9-6-2-3-6/h6-9H,2-5H2,1H3. The van der Waals surface area contributed by atoms with E-state index in [1.54, 1.807) is 7.11 Å². The van der Waals surface area contributed by atoms with E-state index in [2.05, 4.69) is 5.32 Å². The van der Waals surface area contributed by atoms with Gasteiger partial charge < -0.3 is 10.1 Å². The second kappa shape index (κ2) is 2.51. The smallest absolute Gasteiger partial charge is 0.0601 e. The third kappa shape index (κ3) is 1.32. The molecule has 2 aliphatic carbocycles. The van der Waals surface area contributed by atoms with E-state index in [0.29, 0.717) is 6.10 Å². The quantitative estimate of drug-likeness (QED) is 0.631. The summed E-state index contributed by atoms with van der Waals surface area (Å²) in [6.07, 6.45) is 5.80. The van der Waals surface area contributed by atoms with Gasteiger partial charge in [-0.2, -0.15) is 0 Å². The van der Waals surface area contributed by atoms with Crippen LogP contribution in [0, 0.1) is 0 Å². The molecule has 0 aromatic rings. The maximum atomic E-state index is 5.18. The maximum Gasteiger partial charge on any atom is 0.0601 e. The minimum Gasteiger partial charge on any atom is -0.381 e. The van der Waals surface area contributed by atoms with Gasteiger partial charge in [-0.1, -0.05) is 0 Å². The van der Waals surface area contributed by atoms with Crippen LogP contribution in [0.2, 0.25) is 0 Å². The van der Waals surface area contributed by atoms with Gasteiger partial charge in [0.2, 0.25) is 0 Å². The van der Waals surface area contributed by atoms with Gasteiger partial charge >= 0.3 is 0 Å². The highest BCUT2D eigenvalue weighted by atomic mass is 16.5. The summed E-state index contributed by atoms with van der Waals surface area (Å²) in [4.78, 5) is 0. The number of ether oxygens (including phenoxy) is 1. The van der Waals surface area contributed by atoms with Crippen molar-refractivity contribution in [2.45, 2.75) is 43.9 Å². The Hall–Kier alpha value is -0.0800. The highest BCUT2D eigenvalue weighted by Crippen LogP contribution is 2.27. The van der Waals surface area contributed by atoms with Crippen molar-refractivity contribution in [3.8, 4) is 0 Å². The van der Waals surface area contributed by atoms with Crippen molar-refractivity contribution in [3.63, 3.8) is 0 Å². The van der Waals surface area contributed by atoms with Gasteiger partial charge in [-0.25, -0.2) is 0 Å². The molecule has 0 heterocycles. The molecule has 2 aliphatic rings. The van der Waals surface area contributed by atoms with E-state index in [9.17, 15) is 0 Å². The normalized spacial score (nSPS) is 39.3. The molecule has 0 unspecified atom stereocenters. The Balaban J connectivity index is 1.60. The Morgan fingerprint density at radius 3 is 2.40 bits per heavy atom. The number of hydrogen-bond donors (Lipinski definition) is 1. The van der Waals surface area contributed by atoms with Crippen LogP contribution >= 0.6 is 0 Å². The summed E-state index contributed by atoms with van der Waals surface area (Å²) in [5, 5.41) is 3.57. The molecule has 1 N–H and O–H groups in total. The SMILES string of the molecule is COC1CC(NC2CC2)C1. The predicted molar refractivity (Wildman–Crippen MR) is 40.0 cm³/mol. The van der Waals surface area contributed by atoms with E-state index in [0.717, 1.165) is 12.1 Å². The first-order chi connectivity index (χ1) is 4.88. The van der Waals surface area contributed by atoms with Crippen LogP contribution in [-0.2, 0) is 4.74 Å². The lowest BCUT2D eigenvalue weighted by Crippen LogP contribution is -2.45. The Labute approximate surface area is 61.9 Å². The van der Waals surface area contributed by atoms with Crippen LogP contribution in [0.15, 0.2) is 0 Å². The van der Waals surface area contributed by atoms with Crippen molar-refractivity contribution in [1.82, 2.24) is 5.32 Å². The van der Waals surface area contributed by atoms with Gasteiger partial charge in [-0.05, 0) is 25.7 Å². The third-order valence-electron chi connectivity index (χ3n) is 2.48. The second-order valence-electron chi connectivity index (χ2n) is 3.47. The first-order valence-electron chi connectivity index (χ1n) is 4.17. The van der Waals surface area contributed by atoms with E-state index in [1.165, 1.54) is 25.7 Å². The van der Waals surface area contributed by atoms with Crippen molar-refractivity contribution in [1.29, 1.82) is 0 Å². The van der Waals surface area contributed by atoms with Crippen LogP contribution in [0.1, 0.15) is 25.7 Å². The van der Waals surface area contributed by atoms with Crippen molar-refractivity contribution in [3.05, 3.63) is 0 Å². The highest BCUT2D eigenvalue weighted by Gasteiger charge is 2.33. The summed E-state index contributed by atoms with van der Waals surface area (Å²) >= 11 is 0. The molecule has 0 saturated heterocycles. The van der Waals surface area contributed by atoms with Crippen LogP contribution < -0.4 is 5.32 Å². The minimum absolute atomic E-state index is 0.552. The van der Waals surface area contributed by atoms with Gasteiger partial charge in [-0.3, -0.25) is 0 Å². The number of methoxy groups -OCH3 is 1. The lowest BCUT2D eigenvalue weighted by atomic mass is 9.89. The Bertz CT molecular complexity index is 116. The van der Waals surface area contributed by atoms with Gasteiger partial charge in [-0.15, -0.1) is 0 Å². The topological polar surface area (TPSA) is 21.3 Å². The lowest BCUT2D eigenvalue weighted by Gasteiger charge is -2.34. The molecule has 0 amide bonds. The average Bonchev–Trinajstić information content (AvgIpc) is 2.60. The molecule has 0 bridgehead atoms. The van der Waals surface area contributed by atoms with Crippen molar-refractivity contribution < 1.29 is 4.74 Å². The minimum atomic E-state index is 0.552. The monoisotopic (exact) mass is 141 g/mol. The second-order valence-corrected chi connectivity index (χ2v) is 3.47. The Morgan fingerprint density at radius 1 is 1.20 bits per heavy atom. The van der Waals surface area contributed by atoms with Gasteiger partial charge in [0.15, 0.2) is 0 Å². The van der Waals surface area contributed by atoms with Gasteiger partial charge in [0.1, 0.15) is 0 Å². The van der Waals surface area contributed by atoms with Gasteiger partial charge in [0, 0.05) is 19.2 Å². The Kier molecular flexibility index (Phi) is 1.66. The molecule has 2 heteroatoms. The molecule has 0 aromatic carbocycles. The third-order valence-corrected chi connectivity index (χ3v) is 2.48. The van der Waals surface area contributed by atoms with Crippen molar-refractivity contribution >= 4 is 0 Å². The molecule has 0 aromatic heterocycles. The summed E-state index contributed by atoms with van der Waals surface area (Å²) in [7, 11) is 1.80. The summed E-state index contributed by atoms with van der Waals surface area (Å²) in [5.74, 6) is 0. The largest absolute Gasteiger partial charge is 0.381 e. The zero-order chi connectivity index (χ0) is 6.97. The Morgan fingerprint density at radius 2 is 1.90 bits per heavy atom. The molecule has 58 valence electrons. The van der Waals surface area contributed by atoms with E-state index in [4.69, 9.17) is 4.74 Å². The van der Waals surface area contributed by atoms with E-state index >= 15 is 0 Å². The zero-order valence-corrected chi connectivity index (χ0v) is 6.47. The fourth-order valence-electron chi connectivity index (χ4n) is 1.48. The molecule has 0 atom stereocenters. The van der Waals surface area contributed by atoms with Crippen molar-refractivity contribution in [2.75, 3.05) is 7.11 Å². The fraction of sp³-hybridized carbons (Fsp3) is 1.00. The molecule has 2 rings (SSSR count). The summed E-state index contributed by atoms with van der Waals surface area (Å²) in [6.45, 7) is 0. The highest BCUT2D eigenvalue weighted by molar-refractivity contribution is 4.92.